The first-order valence-electron chi connectivity index (χ1n) is 7.02. The largest absolute Gasteiger partial charge is 0.353 e. The van der Waals surface area contributed by atoms with Crippen LogP contribution < -0.4 is 10.0 Å². The minimum Gasteiger partial charge on any atom is -0.353 e. The number of sulfonamides is 1. The molecule has 2 N–H and O–H groups in total. The minimum atomic E-state index is -3.48. The molecule has 112 valence electrons. The summed E-state index contributed by atoms with van der Waals surface area (Å²) in [5.74, 6) is 0.415. The van der Waals surface area contributed by atoms with Crippen molar-refractivity contribution in [2.75, 3.05) is 6.54 Å². The molecule has 0 radical (unpaired) electrons. The zero-order valence-electron chi connectivity index (χ0n) is 11.5. The van der Waals surface area contributed by atoms with Gasteiger partial charge in [0, 0.05) is 24.6 Å². The van der Waals surface area contributed by atoms with Crippen LogP contribution in [-0.2, 0) is 14.8 Å². The standard InChI is InChI=1S/C14H17N3O3S/c18-13(16-10-7-8-10)6-3-9-15-14-11-4-1-2-5-12(11)21(19,20)17-14/h1-2,4-5,10H,3,6-9H2,(H,15,17)(H,16,18). The Balaban J connectivity index is 1.58. The summed E-state index contributed by atoms with van der Waals surface area (Å²) in [5, 5.41) is 2.91. The number of carbonyl (C=O) groups is 1. The maximum atomic E-state index is 11.9. The quantitative estimate of drug-likeness (QED) is 0.788. The number of nitrogens with zero attached hydrogens (tertiary/aromatic N) is 1. The fourth-order valence-corrected chi connectivity index (χ4v) is 3.46. The Morgan fingerprint density at radius 3 is 2.86 bits per heavy atom. The van der Waals surface area contributed by atoms with E-state index in [1.807, 2.05) is 0 Å². The Morgan fingerprint density at radius 2 is 2.10 bits per heavy atom. The molecule has 1 aliphatic carbocycles. The van der Waals surface area contributed by atoms with Crippen molar-refractivity contribution in [3.8, 4) is 0 Å². The molecule has 2 aliphatic rings. The third-order valence-electron chi connectivity index (χ3n) is 3.44. The van der Waals surface area contributed by atoms with Gasteiger partial charge in [-0.2, -0.15) is 0 Å². The van der Waals surface area contributed by atoms with Crippen LogP contribution in [0.3, 0.4) is 0 Å². The van der Waals surface area contributed by atoms with E-state index in [0.29, 0.717) is 36.8 Å². The Hall–Kier alpha value is -1.89. The summed E-state index contributed by atoms with van der Waals surface area (Å²) in [6.07, 6.45) is 3.17. The Morgan fingerprint density at radius 1 is 1.33 bits per heavy atom. The van der Waals surface area contributed by atoms with Gasteiger partial charge >= 0.3 is 0 Å². The molecule has 1 aromatic rings. The molecule has 0 unspecified atom stereocenters. The van der Waals surface area contributed by atoms with Crippen molar-refractivity contribution in [2.24, 2.45) is 4.99 Å². The number of carbonyl (C=O) groups excluding carboxylic acids is 1. The van der Waals surface area contributed by atoms with Crippen LogP contribution >= 0.6 is 0 Å². The number of hydrogen-bond acceptors (Lipinski definition) is 4. The maximum Gasteiger partial charge on any atom is 0.263 e. The summed E-state index contributed by atoms with van der Waals surface area (Å²) in [5.41, 5.74) is 0.597. The van der Waals surface area contributed by atoms with Crippen molar-refractivity contribution in [1.29, 1.82) is 0 Å². The van der Waals surface area contributed by atoms with Crippen molar-refractivity contribution < 1.29 is 13.2 Å². The molecule has 0 saturated heterocycles. The normalized spacial score (nSPS) is 20.9. The summed E-state index contributed by atoms with van der Waals surface area (Å²) in [7, 11) is -3.48. The van der Waals surface area contributed by atoms with Crippen LogP contribution in [0.25, 0.3) is 0 Å². The SMILES string of the molecule is O=C(CCCN=C1NS(=O)(=O)c2ccccc21)NC1CC1. The number of fused-ring (bicyclic) bond motifs is 1. The Kier molecular flexibility index (Phi) is 3.67. The first-order chi connectivity index (χ1) is 10.1. The summed E-state index contributed by atoms with van der Waals surface area (Å²) in [6, 6.07) is 7.12. The Labute approximate surface area is 123 Å². The molecule has 1 saturated carbocycles. The van der Waals surface area contributed by atoms with Crippen LogP contribution in [0, 0.1) is 0 Å². The highest BCUT2D eigenvalue weighted by atomic mass is 32.2. The average Bonchev–Trinajstić information content (AvgIpc) is 3.21. The van der Waals surface area contributed by atoms with Crippen molar-refractivity contribution in [3.05, 3.63) is 29.8 Å². The number of nitrogens with one attached hydrogen (secondary N) is 2. The van der Waals surface area contributed by atoms with Gasteiger partial charge in [0.25, 0.3) is 10.0 Å². The van der Waals surface area contributed by atoms with Gasteiger partial charge in [-0.25, -0.2) is 8.42 Å². The van der Waals surface area contributed by atoms with E-state index in [2.05, 4.69) is 15.0 Å². The first-order valence-corrected chi connectivity index (χ1v) is 8.50. The summed E-state index contributed by atoms with van der Waals surface area (Å²) in [6.45, 7) is 0.421. The third-order valence-corrected chi connectivity index (χ3v) is 4.83. The van der Waals surface area contributed by atoms with Crippen molar-refractivity contribution in [1.82, 2.24) is 10.0 Å². The predicted octanol–water partition coefficient (Wildman–Crippen LogP) is 0.784. The van der Waals surface area contributed by atoms with Gasteiger partial charge in [0.1, 0.15) is 5.84 Å². The van der Waals surface area contributed by atoms with E-state index in [1.54, 1.807) is 24.3 Å². The van der Waals surface area contributed by atoms with Crippen molar-refractivity contribution in [2.45, 2.75) is 36.6 Å². The molecular formula is C14H17N3O3S. The molecule has 1 aromatic carbocycles. The fourth-order valence-electron chi connectivity index (χ4n) is 2.21. The second-order valence-electron chi connectivity index (χ2n) is 5.28. The monoisotopic (exact) mass is 307 g/mol. The lowest BCUT2D eigenvalue weighted by Gasteiger charge is -2.02. The van der Waals surface area contributed by atoms with E-state index >= 15 is 0 Å². The molecule has 1 amide bonds. The lowest BCUT2D eigenvalue weighted by Crippen LogP contribution is -2.25. The number of amidine groups is 1. The predicted molar refractivity (Wildman–Crippen MR) is 78.6 cm³/mol. The van der Waals surface area contributed by atoms with E-state index < -0.39 is 10.0 Å². The summed E-state index contributed by atoms with van der Waals surface area (Å²) >= 11 is 0. The van der Waals surface area contributed by atoms with Crippen LogP contribution in [0.2, 0.25) is 0 Å². The van der Waals surface area contributed by atoms with Gasteiger partial charge in [0.2, 0.25) is 5.91 Å². The molecule has 7 heteroatoms. The molecule has 0 spiro atoms. The lowest BCUT2D eigenvalue weighted by atomic mass is 10.2. The highest BCUT2D eigenvalue weighted by Gasteiger charge is 2.29. The lowest BCUT2D eigenvalue weighted by molar-refractivity contribution is -0.121. The van der Waals surface area contributed by atoms with Crippen molar-refractivity contribution >= 4 is 21.8 Å². The van der Waals surface area contributed by atoms with Crippen molar-refractivity contribution in [3.63, 3.8) is 0 Å². The number of aliphatic imine (C=N–C) groups is 1. The number of hydrogen-bond donors (Lipinski definition) is 2. The van der Waals surface area contributed by atoms with E-state index in [4.69, 9.17) is 0 Å². The van der Waals surface area contributed by atoms with Crippen LogP contribution in [0.15, 0.2) is 34.2 Å². The smallest absolute Gasteiger partial charge is 0.263 e. The molecular weight excluding hydrogens is 290 g/mol. The topological polar surface area (TPSA) is 87.6 Å². The second-order valence-corrected chi connectivity index (χ2v) is 6.93. The van der Waals surface area contributed by atoms with E-state index in [1.165, 1.54) is 0 Å². The summed E-state index contributed by atoms with van der Waals surface area (Å²) < 4.78 is 26.2. The van der Waals surface area contributed by atoms with Crippen LogP contribution in [0.1, 0.15) is 31.2 Å². The zero-order chi connectivity index (χ0) is 14.9. The average molecular weight is 307 g/mol. The molecule has 1 aliphatic heterocycles. The van der Waals surface area contributed by atoms with Gasteiger partial charge in [-0.3, -0.25) is 14.5 Å². The molecule has 21 heavy (non-hydrogen) atoms. The van der Waals surface area contributed by atoms with E-state index in [9.17, 15) is 13.2 Å². The summed E-state index contributed by atoms with van der Waals surface area (Å²) in [4.78, 5) is 16.1. The van der Waals surface area contributed by atoms with Gasteiger partial charge < -0.3 is 5.32 Å². The zero-order valence-corrected chi connectivity index (χ0v) is 12.3. The first kappa shape index (κ1) is 14.1. The fraction of sp³-hybridized carbons (Fsp3) is 0.429. The van der Waals surface area contributed by atoms with E-state index in [0.717, 1.165) is 12.8 Å². The minimum absolute atomic E-state index is 0.0464. The van der Waals surface area contributed by atoms with Gasteiger partial charge in [-0.1, -0.05) is 12.1 Å². The van der Waals surface area contributed by atoms with Gasteiger partial charge in [0.05, 0.1) is 4.90 Å². The van der Waals surface area contributed by atoms with Gasteiger partial charge in [-0.15, -0.1) is 0 Å². The number of rotatable bonds is 5. The Bertz CT molecular complexity index is 693. The molecule has 0 bridgehead atoms. The second kappa shape index (κ2) is 5.48. The maximum absolute atomic E-state index is 11.9. The molecule has 6 nitrogen and oxygen atoms in total. The van der Waals surface area contributed by atoms with Crippen LogP contribution in [-0.4, -0.2) is 32.7 Å². The van der Waals surface area contributed by atoms with E-state index in [-0.39, 0.29) is 10.8 Å². The number of amides is 1. The molecule has 3 rings (SSSR count). The molecule has 1 heterocycles. The highest BCUT2D eigenvalue weighted by Crippen LogP contribution is 2.22. The third kappa shape index (κ3) is 3.24. The van der Waals surface area contributed by atoms with Crippen LogP contribution in [0.4, 0.5) is 0 Å². The van der Waals surface area contributed by atoms with Crippen LogP contribution in [0.5, 0.6) is 0 Å². The van der Waals surface area contributed by atoms with Gasteiger partial charge in [0.15, 0.2) is 0 Å². The molecule has 1 fully saturated rings. The molecule has 0 aromatic heterocycles. The van der Waals surface area contributed by atoms with Gasteiger partial charge in [-0.05, 0) is 31.4 Å². The highest BCUT2D eigenvalue weighted by molar-refractivity contribution is 7.90. The molecule has 0 atom stereocenters. The number of benzene rings is 1.